The van der Waals surface area contributed by atoms with Crippen molar-refractivity contribution in [2.24, 2.45) is 0 Å². The molecule has 1 aromatic heterocycles. The summed E-state index contributed by atoms with van der Waals surface area (Å²) in [6.07, 6.45) is 2.54. The van der Waals surface area contributed by atoms with Crippen molar-refractivity contribution in [1.82, 2.24) is 9.29 Å². The molecule has 8 heteroatoms. The first-order valence-corrected chi connectivity index (χ1v) is 9.26. The van der Waals surface area contributed by atoms with Crippen LogP contribution >= 0.6 is 0 Å². The molecule has 0 saturated carbocycles. The number of halogens is 1. The van der Waals surface area contributed by atoms with Gasteiger partial charge in [-0.05, 0) is 49.2 Å². The topological polar surface area (TPSA) is 76.6 Å². The minimum absolute atomic E-state index is 0.0133. The Bertz CT molecular complexity index is 841. The third kappa shape index (κ3) is 3.85. The molecule has 0 N–H and O–H groups in total. The third-order valence-electron chi connectivity index (χ3n) is 3.98. The maximum atomic E-state index is 13.0. The number of pyridine rings is 1. The zero-order valence-electron chi connectivity index (χ0n) is 13.3. The fourth-order valence-corrected chi connectivity index (χ4v) is 4.38. The van der Waals surface area contributed by atoms with Crippen molar-refractivity contribution in [3.05, 3.63) is 60.2 Å². The number of carbonyl (C=O) groups excluding carboxylic acids is 1. The Morgan fingerprint density at radius 1 is 1.24 bits per heavy atom. The summed E-state index contributed by atoms with van der Waals surface area (Å²) in [7, 11) is -3.88. The quantitative estimate of drug-likeness (QED) is 0.760. The van der Waals surface area contributed by atoms with Crippen LogP contribution in [-0.4, -0.2) is 36.3 Å². The van der Waals surface area contributed by atoms with Crippen molar-refractivity contribution in [3.8, 4) is 0 Å². The van der Waals surface area contributed by atoms with Crippen molar-refractivity contribution in [1.29, 1.82) is 0 Å². The number of rotatable bonds is 5. The van der Waals surface area contributed by atoms with Crippen molar-refractivity contribution in [3.63, 3.8) is 0 Å². The van der Waals surface area contributed by atoms with Crippen molar-refractivity contribution in [2.45, 2.75) is 30.4 Å². The van der Waals surface area contributed by atoms with Gasteiger partial charge in [0.2, 0.25) is 10.0 Å². The lowest BCUT2D eigenvalue weighted by atomic mass is 10.2. The van der Waals surface area contributed by atoms with Gasteiger partial charge in [0, 0.05) is 12.7 Å². The number of ether oxygens (including phenoxy) is 1. The molecule has 0 bridgehead atoms. The highest BCUT2D eigenvalue weighted by molar-refractivity contribution is 7.89. The Labute approximate surface area is 145 Å². The molecule has 0 radical (unpaired) electrons. The van der Waals surface area contributed by atoms with Gasteiger partial charge >= 0.3 is 5.97 Å². The summed E-state index contributed by atoms with van der Waals surface area (Å²) in [6.45, 7) is 0.212. The monoisotopic (exact) mass is 364 g/mol. The minimum atomic E-state index is -3.88. The summed E-state index contributed by atoms with van der Waals surface area (Å²) in [4.78, 5) is 16.4. The normalized spacial score (nSPS) is 18.2. The molecular formula is C17H17FN2O4S. The van der Waals surface area contributed by atoms with Crippen LogP contribution in [0.25, 0.3) is 0 Å². The van der Waals surface area contributed by atoms with E-state index in [0.717, 1.165) is 16.4 Å². The maximum Gasteiger partial charge on any atom is 0.324 e. The smallest absolute Gasteiger partial charge is 0.324 e. The Morgan fingerprint density at radius 2 is 2.00 bits per heavy atom. The second-order valence-electron chi connectivity index (χ2n) is 5.66. The average molecular weight is 364 g/mol. The maximum absolute atomic E-state index is 13.0. The van der Waals surface area contributed by atoms with Crippen LogP contribution in [0.1, 0.15) is 18.5 Å². The van der Waals surface area contributed by atoms with E-state index < -0.39 is 27.9 Å². The van der Waals surface area contributed by atoms with Gasteiger partial charge in [0.15, 0.2) is 0 Å². The molecule has 0 spiro atoms. The fourth-order valence-electron chi connectivity index (χ4n) is 2.73. The molecule has 1 fully saturated rings. The molecule has 1 aliphatic heterocycles. The van der Waals surface area contributed by atoms with Gasteiger partial charge in [0.1, 0.15) is 18.5 Å². The Morgan fingerprint density at radius 3 is 2.68 bits per heavy atom. The number of hydrogen-bond acceptors (Lipinski definition) is 5. The number of benzene rings is 1. The Balaban J connectivity index is 1.73. The van der Waals surface area contributed by atoms with Gasteiger partial charge in [-0.25, -0.2) is 12.8 Å². The summed E-state index contributed by atoms with van der Waals surface area (Å²) in [6, 6.07) is 8.91. The predicted molar refractivity (Wildman–Crippen MR) is 87.3 cm³/mol. The van der Waals surface area contributed by atoms with Crippen LogP contribution in [0.3, 0.4) is 0 Å². The summed E-state index contributed by atoms with van der Waals surface area (Å²) in [5, 5.41) is 0. The van der Waals surface area contributed by atoms with E-state index in [4.69, 9.17) is 4.74 Å². The van der Waals surface area contributed by atoms with Gasteiger partial charge in [0.05, 0.1) is 10.6 Å². The predicted octanol–water partition coefficient (Wildman–Crippen LogP) is 2.12. The average Bonchev–Trinajstić information content (AvgIpc) is 3.12. The Kier molecular flexibility index (Phi) is 5.10. The first-order chi connectivity index (χ1) is 12.0. The van der Waals surface area contributed by atoms with Gasteiger partial charge in [-0.15, -0.1) is 0 Å². The van der Waals surface area contributed by atoms with Crippen molar-refractivity contribution < 1.29 is 22.3 Å². The van der Waals surface area contributed by atoms with Crippen LogP contribution < -0.4 is 0 Å². The van der Waals surface area contributed by atoms with Gasteiger partial charge in [0.25, 0.3) is 0 Å². The van der Waals surface area contributed by atoms with Gasteiger partial charge in [-0.1, -0.05) is 6.07 Å². The second kappa shape index (κ2) is 7.28. The molecule has 2 heterocycles. The van der Waals surface area contributed by atoms with E-state index in [1.807, 2.05) is 0 Å². The van der Waals surface area contributed by atoms with Crippen LogP contribution in [0.2, 0.25) is 0 Å². The standard InChI is InChI=1S/C17H17FN2O4S/c18-13-6-8-15(9-7-13)25(22,23)20-11-3-5-16(20)17(21)24-12-14-4-1-2-10-19-14/h1-2,4,6-10,16H,3,5,11-12H2/t16-/m1/s1. The van der Waals surface area contributed by atoms with Crippen LogP contribution in [0.15, 0.2) is 53.6 Å². The molecule has 0 aliphatic carbocycles. The van der Waals surface area contributed by atoms with E-state index >= 15 is 0 Å². The van der Waals surface area contributed by atoms with Crippen LogP contribution in [0, 0.1) is 5.82 Å². The van der Waals surface area contributed by atoms with Gasteiger partial charge < -0.3 is 4.74 Å². The van der Waals surface area contributed by atoms with Crippen LogP contribution in [0.4, 0.5) is 4.39 Å². The molecule has 0 unspecified atom stereocenters. The second-order valence-corrected chi connectivity index (χ2v) is 7.55. The lowest BCUT2D eigenvalue weighted by Crippen LogP contribution is -2.41. The number of carbonyl (C=O) groups is 1. The van der Waals surface area contributed by atoms with E-state index in [-0.39, 0.29) is 18.0 Å². The first-order valence-electron chi connectivity index (χ1n) is 7.82. The summed E-state index contributed by atoms with van der Waals surface area (Å²) < 4.78 is 44.8. The van der Waals surface area contributed by atoms with E-state index in [9.17, 15) is 17.6 Å². The number of sulfonamides is 1. The summed E-state index contributed by atoms with van der Waals surface area (Å²) >= 11 is 0. The summed E-state index contributed by atoms with van der Waals surface area (Å²) in [5.41, 5.74) is 0.585. The lowest BCUT2D eigenvalue weighted by Gasteiger charge is -2.22. The summed E-state index contributed by atoms with van der Waals surface area (Å²) in [5.74, 6) is -1.12. The number of hydrogen-bond donors (Lipinski definition) is 0. The molecule has 1 saturated heterocycles. The SMILES string of the molecule is O=C(OCc1ccccn1)[C@H]1CCCN1S(=O)(=O)c1ccc(F)cc1. The molecule has 3 rings (SSSR count). The van der Waals surface area contributed by atoms with E-state index in [1.165, 1.54) is 12.1 Å². The van der Waals surface area contributed by atoms with E-state index in [0.29, 0.717) is 18.5 Å². The van der Waals surface area contributed by atoms with E-state index in [2.05, 4.69) is 4.98 Å². The molecule has 1 aromatic carbocycles. The highest BCUT2D eigenvalue weighted by atomic mass is 32.2. The first kappa shape index (κ1) is 17.5. The lowest BCUT2D eigenvalue weighted by molar-refractivity contribution is -0.148. The fraction of sp³-hybridized carbons (Fsp3) is 0.294. The number of nitrogens with zero attached hydrogens (tertiary/aromatic N) is 2. The Hall–Kier alpha value is -2.32. The van der Waals surface area contributed by atoms with Gasteiger partial charge in [-0.3, -0.25) is 9.78 Å². The van der Waals surface area contributed by atoms with Gasteiger partial charge in [-0.2, -0.15) is 4.31 Å². The third-order valence-corrected chi connectivity index (χ3v) is 5.91. The molecule has 1 atom stereocenters. The number of esters is 1. The molecule has 2 aromatic rings. The molecule has 6 nitrogen and oxygen atoms in total. The van der Waals surface area contributed by atoms with E-state index in [1.54, 1.807) is 24.4 Å². The highest BCUT2D eigenvalue weighted by Gasteiger charge is 2.40. The molecule has 132 valence electrons. The van der Waals surface area contributed by atoms with Crippen molar-refractivity contribution >= 4 is 16.0 Å². The highest BCUT2D eigenvalue weighted by Crippen LogP contribution is 2.27. The van der Waals surface area contributed by atoms with Crippen LogP contribution in [0.5, 0.6) is 0 Å². The molecule has 0 amide bonds. The van der Waals surface area contributed by atoms with Crippen molar-refractivity contribution in [2.75, 3.05) is 6.54 Å². The largest absolute Gasteiger partial charge is 0.458 e. The molecule has 25 heavy (non-hydrogen) atoms. The zero-order chi connectivity index (χ0) is 17.9. The zero-order valence-corrected chi connectivity index (χ0v) is 14.2. The van der Waals surface area contributed by atoms with Crippen LogP contribution in [-0.2, 0) is 26.2 Å². The minimum Gasteiger partial charge on any atom is -0.458 e. The molecular weight excluding hydrogens is 347 g/mol. The molecule has 1 aliphatic rings. The number of aromatic nitrogens is 1.